The van der Waals surface area contributed by atoms with Crippen LogP contribution in [-0.2, 0) is 0 Å². The predicted molar refractivity (Wildman–Crippen MR) is 144 cm³/mol. The lowest BCUT2D eigenvalue weighted by Crippen LogP contribution is -2.40. The third-order valence-corrected chi connectivity index (χ3v) is 6.01. The van der Waals surface area contributed by atoms with Crippen molar-refractivity contribution in [2.75, 3.05) is 29.4 Å². The summed E-state index contributed by atoms with van der Waals surface area (Å²) in [4.78, 5) is 8.63. The number of rotatable bonds is 12. The number of anilines is 2. The summed E-state index contributed by atoms with van der Waals surface area (Å²) in [5.41, 5.74) is 6.33. The van der Waals surface area contributed by atoms with Gasteiger partial charge >= 0.3 is 0 Å². The van der Waals surface area contributed by atoms with Crippen LogP contribution >= 0.6 is 0 Å². The Labute approximate surface area is 201 Å². The fourth-order valence-corrected chi connectivity index (χ4v) is 4.36. The Morgan fingerprint density at radius 3 is 2.33 bits per heavy atom. The number of unbranched alkanes of at least 4 members (excludes halogenated alkanes) is 1. The van der Waals surface area contributed by atoms with Crippen LogP contribution in [0.1, 0.15) is 79.7 Å². The van der Waals surface area contributed by atoms with Crippen molar-refractivity contribution in [3.05, 3.63) is 53.9 Å². The Balaban J connectivity index is 2.64. The molecule has 0 aliphatic carbocycles. The molecule has 1 N–H and O–H groups in total. The van der Waals surface area contributed by atoms with Crippen molar-refractivity contribution in [1.29, 1.82) is 0 Å². The Bertz CT molecular complexity index is 916. The lowest BCUT2D eigenvalue weighted by molar-refractivity contribution is 0.249. The minimum absolute atomic E-state index is 0.432. The van der Waals surface area contributed by atoms with Crippen LogP contribution in [0.5, 0.6) is 0 Å². The van der Waals surface area contributed by atoms with Crippen LogP contribution in [0, 0.1) is 0 Å². The van der Waals surface area contributed by atoms with E-state index in [-0.39, 0.29) is 0 Å². The first-order chi connectivity index (χ1) is 15.6. The van der Waals surface area contributed by atoms with E-state index in [0.29, 0.717) is 11.4 Å². The molecule has 0 bridgehead atoms. The lowest BCUT2D eigenvalue weighted by atomic mass is 10.1. The van der Waals surface area contributed by atoms with Gasteiger partial charge in [-0.3, -0.25) is 4.99 Å². The lowest BCUT2D eigenvalue weighted by Gasteiger charge is -2.36. The summed E-state index contributed by atoms with van der Waals surface area (Å²) in [6.45, 7) is 25.0. The molecule has 4 nitrogen and oxygen atoms in total. The number of benzene rings is 1. The number of halogens is 1. The molecule has 1 atom stereocenters. The maximum absolute atomic E-state index is 16.5. The summed E-state index contributed by atoms with van der Waals surface area (Å²) >= 11 is 0. The summed E-state index contributed by atoms with van der Waals surface area (Å²) in [5, 5.41) is 3.42. The molecular formula is C28H43FN4. The van der Waals surface area contributed by atoms with Gasteiger partial charge in [0.15, 0.2) is 0 Å². The molecule has 33 heavy (non-hydrogen) atoms. The van der Waals surface area contributed by atoms with Gasteiger partial charge in [-0.25, -0.2) is 4.39 Å². The van der Waals surface area contributed by atoms with E-state index in [0.717, 1.165) is 79.2 Å². The number of nitrogens with zero attached hydrogens (tertiary/aromatic N) is 3. The van der Waals surface area contributed by atoms with Crippen LogP contribution in [0.15, 0.2) is 53.3 Å². The maximum Gasteiger partial charge on any atom is 0.227 e. The van der Waals surface area contributed by atoms with Crippen molar-refractivity contribution in [2.24, 2.45) is 4.99 Å². The Hall–Kier alpha value is -2.56. The highest BCUT2D eigenvalue weighted by molar-refractivity contribution is 5.84. The van der Waals surface area contributed by atoms with E-state index < -0.39 is 5.79 Å². The average Bonchev–Trinajstić information content (AvgIpc) is 2.92. The summed E-state index contributed by atoms with van der Waals surface area (Å²) in [6.07, 6.45) is 4.23. The van der Waals surface area contributed by atoms with Crippen LogP contribution in [0.4, 0.5) is 15.8 Å². The SMILES string of the molecule is C=C(NCCCC)c1ccc(N(CCC)CCC)c(N2C(=C)C(C)=C(N=C(C)C)C2(C)F)c1. The van der Waals surface area contributed by atoms with Gasteiger partial charge in [-0.1, -0.05) is 46.4 Å². The second-order valence-corrected chi connectivity index (χ2v) is 9.22. The quantitative estimate of drug-likeness (QED) is 0.202. The standard InChI is InChI=1S/C28H43FN4/c1-10-13-16-30-22(7)24-14-15-25(32(17-11-2)18-12-3)26(19-24)33-23(8)21(6)27(28(33,9)29)31-20(4)5/h14-15,19,30H,7-8,10-13,16-18H2,1-6,9H3. The van der Waals surface area contributed by atoms with Crippen LogP contribution in [0.3, 0.4) is 0 Å². The molecule has 0 spiro atoms. The fourth-order valence-electron chi connectivity index (χ4n) is 4.36. The summed E-state index contributed by atoms with van der Waals surface area (Å²) < 4.78 is 16.5. The highest BCUT2D eigenvalue weighted by atomic mass is 19.1. The molecule has 0 fully saturated rings. The van der Waals surface area contributed by atoms with Gasteiger partial charge in [-0.2, -0.15) is 0 Å². The van der Waals surface area contributed by atoms with E-state index >= 15 is 4.39 Å². The van der Waals surface area contributed by atoms with E-state index in [1.165, 1.54) is 0 Å². The molecule has 0 amide bonds. The van der Waals surface area contributed by atoms with E-state index in [1.807, 2.05) is 20.8 Å². The van der Waals surface area contributed by atoms with E-state index in [9.17, 15) is 0 Å². The van der Waals surface area contributed by atoms with E-state index in [2.05, 4.69) is 67.3 Å². The number of hydrogen-bond acceptors (Lipinski definition) is 4. The van der Waals surface area contributed by atoms with Gasteiger partial charge in [0, 0.05) is 36.7 Å². The van der Waals surface area contributed by atoms with E-state index in [1.54, 1.807) is 11.8 Å². The van der Waals surface area contributed by atoms with Crippen molar-refractivity contribution in [1.82, 2.24) is 5.32 Å². The molecule has 0 saturated carbocycles. The van der Waals surface area contributed by atoms with Gasteiger partial charge in [-0.15, -0.1) is 0 Å². The minimum atomic E-state index is -1.80. The second kappa shape index (κ2) is 11.5. The zero-order valence-electron chi connectivity index (χ0n) is 21.8. The summed E-state index contributed by atoms with van der Waals surface area (Å²) in [7, 11) is 0. The molecule has 0 aromatic heterocycles. The molecule has 5 heteroatoms. The number of aliphatic imine (C=N–C) groups is 1. The van der Waals surface area contributed by atoms with Gasteiger partial charge in [-0.05, 0) is 70.2 Å². The monoisotopic (exact) mass is 454 g/mol. The van der Waals surface area contributed by atoms with Gasteiger partial charge in [0.1, 0.15) is 5.70 Å². The van der Waals surface area contributed by atoms with Crippen LogP contribution < -0.4 is 15.1 Å². The van der Waals surface area contributed by atoms with Crippen LogP contribution in [0.25, 0.3) is 5.70 Å². The summed E-state index contributed by atoms with van der Waals surface area (Å²) in [6, 6.07) is 6.24. The third kappa shape index (κ3) is 5.87. The van der Waals surface area contributed by atoms with Crippen LogP contribution in [-0.4, -0.2) is 31.1 Å². The van der Waals surface area contributed by atoms with Crippen molar-refractivity contribution in [2.45, 2.75) is 79.9 Å². The third-order valence-electron chi connectivity index (χ3n) is 6.01. The van der Waals surface area contributed by atoms with Gasteiger partial charge < -0.3 is 15.1 Å². The first-order valence-electron chi connectivity index (χ1n) is 12.3. The second-order valence-electron chi connectivity index (χ2n) is 9.22. The van der Waals surface area contributed by atoms with E-state index in [4.69, 9.17) is 0 Å². The number of nitrogens with one attached hydrogen (secondary N) is 1. The smallest absolute Gasteiger partial charge is 0.227 e. The molecule has 1 unspecified atom stereocenters. The number of allylic oxidation sites excluding steroid dienone is 1. The highest BCUT2D eigenvalue weighted by Gasteiger charge is 2.46. The molecule has 1 aliphatic rings. The first-order valence-corrected chi connectivity index (χ1v) is 12.3. The van der Waals surface area contributed by atoms with Gasteiger partial charge in [0.2, 0.25) is 5.79 Å². The fraction of sp³-hybridized carbons (Fsp3) is 0.536. The Morgan fingerprint density at radius 2 is 1.79 bits per heavy atom. The molecule has 182 valence electrons. The Morgan fingerprint density at radius 1 is 1.15 bits per heavy atom. The molecule has 1 aromatic rings. The van der Waals surface area contributed by atoms with Crippen LogP contribution in [0.2, 0.25) is 0 Å². The molecule has 1 aliphatic heterocycles. The predicted octanol–water partition coefficient (Wildman–Crippen LogP) is 7.45. The largest absolute Gasteiger partial charge is 0.385 e. The Kier molecular flexibility index (Phi) is 9.33. The molecule has 2 rings (SSSR count). The average molecular weight is 455 g/mol. The van der Waals surface area contributed by atoms with Crippen molar-refractivity contribution in [3.63, 3.8) is 0 Å². The number of alkyl halides is 1. The van der Waals surface area contributed by atoms with Gasteiger partial charge in [0.25, 0.3) is 0 Å². The molecule has 0 radical (unpaired) electrons. The zero-order chi connectivity index (χ0) is 24.8. The minimum Gasteiger partial charge on any atom is -0.385 e. The van der Waals surface area contributed by atoms with Gasteiger partial charge in [0.05, 0.1) is 11.4 Å². The first kappa shape index (κ1) is 26.7. The molecule has 1 heterocycles. The zero-order valence-corrected chi connectivity index (χ0v) is 21.8. The maximum atomic E-state index is 16.5. The molecule has 1 aromatic carbocycles. The molecular weight excluding hydrogens is 411 g/mol. The van der Waals surface area contributed by atoms with Crippen molar-refractivity contribution >= 4 is 22.8 Å². The summed E-state index contributed by atoms with van der Waals surface area (Å²) in [5.74, 6) is -1.80. The van der Waals surface area contributed by atoms with Crippen molar-refractivity contribution in [3.8, 4) is 0 Å². The highest BCUT2D eigenvalue weighted by Crippen LogP contribution is 2.48. The molecule has 0 saturated heterocycles. The topological polar surface area (TPSA) is 30.9 Å². The normalized spacial score (nSPS) is 18.1. The van der Waals surface area contributed by atoms with Crippen molar-refractivity contribution < 1.29 is 4.39 Å². The number of hydrogen-bond donors (Lipinski definition) is 1.